The third-order valence-corrected chi connectivity index (χ3v) is 6.02. The number of carboxylic acids is 1. The Balaban J connectivity index is 1.82. The summed E-state index contributed by atoms with van der Waals surface area (Å²) < 4.78 is 0. The Morgan fingerprint density at radius 3 is 2.78 bits per heavy atom. The lowest BCUT2D eigenvalue weighted by Gasteiger charge is -2.23. The first kappa shape index (κ1) is 16.3. The van der Waals surface area contributed by atoms with E-state index in [-0.39, 0.29) is 5.69 Å². The highest BCUT2D eigenvalue weighted by molar-refractivity contribution is 7.99. The average molecular weight is 369 g/mol. The van der Waals surface area contributed by atoms with Crippen molar-refractivity contribution in [3.05, 3.63) is 40.4 Å². The minimum absolute atomic E-state index is 0.211. The number of aliphatic carboxylic acids is 1. The number of amides is 1. The summed E-state index contributed by atoms with van der Waals surface area (Å²) in [6.07, 6.45) is 0.417. The van der Waals surface area contributed by atoms with Gasteiger partial charge >= 0.3 is 5.97 Å². The van der Waals surface area contributed by atoms with Crippen LogP contribution in [-0.4, -0.2) is 39.0 Å². The number of aromatic nitrogens is 1. The third kappa shape index (κ3) is 3.22. The van der Waals surface area contributed by atoms with Crippen molar-refractivity contribution >= 4 is 46.6 Å². The fraction of sp³-hybridized carbons (Fsp3) is 0.267. The molecule has 0 bridgehead atoms. The zero-order valence-electron chi connectivity index (χ0n) is 11.9. The van der Waals surface area contributed by atoms with E-state index in [1.54, 1.807) is 11.4 Å². The molecule has 0 saturated carbocycles. The van der Waals surface area contributed by atoms with Gasteiger partial charge in [0.2, 0.25) is 0 Å². The molecule has 1 amide bonds. The number of nitrogens with one attached hydrogen (secondary N) is 1. The second-order valence-electron chi connectivity index (χ2n) is 5.16. The molecule has 0 aliphatic carbocycles. The highest BCUT2D eigenvalue weighted by Gasteiger charge is 2.43. The van der Waals surface area contributed by atoms with Gasteiger partial charge in [0.05, 0.1) is 5.02 Å². The van der Waals surface area contributed by atoms with Crippen LogP contribution in [0.5, 0.6) is 0 Å². The molecule has 1 fully saturated rings. The number of carboxylic acid groups (broad SMARTS) is 1. The molecule has 1 aromatic carbocycles. The van der Waals surface area contributed by atoms with Crippen molar-refractivity contribution in [2.24, 2.45) is 0 Å². The van der Waals surface area contributed by atoms with Crippen molar-refractivity contribution in [3.8, 4) is 10.6 Å². The van der Waals surface area contributed by atoms with Crippen molar-refractivity contribution < 1.29 is 14.7 Å². The molecule has 1 aliphatic rings. The number of carbonyl (C=O) groups is 2. The molecule has 1 aliphatic heterocycles. The van der Waals surface area contributed by atoms with Crippen LogP contribution in [0.3, 0.4) is 0 Å². The topological polar surface area (TPSA) is 79.3 Å². The molecule has 8 heteroatoms. The molecule has 1 aromatic heterocycles. The van der Waals surface area contributed by atoms with Crippen LogP contribution >= 0.6 is 34.7 Å². The third-order valence-electron chi connectivity index (χ3n) is 3.62. The van der Waals surface area contributed by atoms with Crippen LogP contribution in [-0.2, 0) is 4.79 Å². The van der Waals surface area contributed by atoms with E-state index in [9.17, 15) is 14.7 Å². The number of hydrogen-bond donors (Lipinski definition) is 2. The van der Waals surface area contributed by atoms with Crippen molar-refractivity contribution in [2.75, 3.05) is 11.5 Å². The minimum Gasteiger partial charge on any atom is -0.479 e. The number of rotatable bonds is 4. The van der Waals surface area contributed by atoms with Crippen LogP contribution < -0.4 is 5.32 Å². The van der Waals surface area contributed by atoms with Gasteiger partial charge in [-0.05, 0) is 18.2 Å². The summed E-state index contributed by atoms with van der Waals surface area (Å²) in [6, 6.07) is 7.25. The monoisotopic (exact) mass is 368 g/mol. The summed E-state index contributed by atoms with van der Waals surface area (Å²) in [4.78, 5) is 28.2. The summed E-state index contributed by atoms with van der Waals surface area (Å²) in [5.41, 5.74) is -0.235. The lowest BCUT2D eigenvalue weighted by molar-refractivity contribution is -0.143. The first-order valence-corrected chi connectivity index (χ1v) is 9.27. The summed E-state index contributed by atoms with van der Waals surface area (Å²) in [5.74, 6) is -0.383. The van der Waals surface area contributed by atoms with Gasteiger partial charge in [-0.15, -0.1) is 11.3 Å². The van der Waals surface area contributed by atoms with Gasteiger partial charge in [0, 0.05) is 16.7 Å². The van der Waals surface area contributed by atoms with Crippen molar-refractivity contribution in [1.29, 1.82) is 0 Å². The smallest absolute Gasteiger partial charge is 0.330 e. The van der Waals surface area contributed by atoms with E-state index in [1.165, 1.54) is 23.1 Å². The lowest BCUT2D eigenvalue weighted by atomic mass is 9.99. The fourth-order valence-electron chi connectivity index (χ4n) is 2.30. The van der Waals surface area contributed by atoms with Crippen molar-refractivity contribution in [1.82, 2.24) is 10.3 Å². The molecule has 1 unspecified atom stereocenters. The fourth-order valence-corrected chi connectivity index (χ4v) is 4.75. The second kappa shape index (κ2) is 6.51. The van der Waals surface area contributed by atoms with E-state index >= 15 is 0 Å². The van der Waals surface area contributed by atoms with Crippen LogP contribution in [0.1, 0.15) is 16.9 Å². The molecule has 0 radical (unpaired) electrons. The maximum Gasteiger partial charge on any atom is 0.330 e. The number of nitrogens with zero attached hydrogens (tertiary/aromatic N) is 1. The van der Waals surface area contributed by atoms with E-state index in [0.29, 0.717) is 28.0 Å². The standard InChI is InChI=1S/C15H13ClN2O3S2/c16-10-4-2-1-3-9(10)13-17-11(7-23-13)12(19)18-15(14(20)21)5-6-22-8-15/h1-4,7H,5-6,8H2,(H,18,19)(H,20,21). The Hall–Kier alpha value is -1.57. The van der Waals surface area contributed by atoms with Crippen LogP contribution in [0.4, 0.5) is 0 Å². The molecule has 2 N–H and O–H groups in total. The molecule has 1 atom stereocenters. The Morgan fingerprint density at radius 2 is 2.13 bits per heavy atom. The van der Waals surface area contributed by atoms with Crippen molar-refractivity contribution in [2.45, 2.75) is 12.0 Å². The maximum absolute atomic E-state index is 12.4. The molecule has 120 valence electrons. The van der Waals surface area contributed by atoms with Gasteiger partial charge in [0.15, 0.2) is 0 Å². The molecule has 0 spiro atoms. The summed E-state index contributed by atoms with van der Waals surface area (Å²) in [7, 11) is 0. The average Bonchev–Trinajstić information content (AvgIpc) is 3.17. The first-order chi connectivity index (χ1) is 11.0. The zero-order valence-corrected chi connectivity index (χ0v) is 14.3. The number of carbonyl (C=O) groups excluding carboxylic acids is 1. The molecule has 2 heterocycles. The van der Waals surface area contributed by atoms with Gasteiger partial charge in [-0.3, -0.25) is 4.79 Å². The largest absolute Gasteiger partial charge is 0.479 e. The van der Waals surface area contributed by atoms with E-state index < -0.39 is 17.4 Å². The number of thioether (sulfide) groups is 1. The van der Waals surface area contributed by atoms with Gasteiger partial charge in [-0.2, -0.15) is 11.8 Å². The Kier molecular flexibility index (Phi) is 4.61. The zero-order chi connectivity index (χ0) is 16.4. The van der Waals surface area contributed by atoms with Gasteiger partial charge < -0.3 is 10.4 Å². The predicted octanol–water partition coefficient (Wildman–Crippen LogP) is 3.15. The second-order valence-corrected chi connectivity index (χ2v) is 7.53. The van der Waals surface area contributed by atoms with Crippen molar-refractivity contribution in [3.63, 3.8) is 0 Å². The number of thiazole rings is 1. The van der Waals surface area contributed by atoms with Gasteiger partial charge in [-0.25, -0.2) is 9.78 Å². The summed E-state index contributed by atoms with van der Waals surface area (Å²) >= 11 is 8.96. The van der Waals surface area contributed by atoms with Crippen LogP contribution in [0.25, 0.3) is 10.6 Å². The van der Waals surface area contributed by atoms with E-state index in [2.05, 4.69) is 10.3 Å². The number of benzene rings is 1. The first-order valence-electron chi connectivity index (χ1n) is 6.86. The van der Waals surface area contributed by atoms with Gasteiger partial charge in [0.25, 0.3) is 5.91 Å². The predicted molar refractivity (Wildman–Crippen MR) is 92.3 cm³/mol. The summed E-state index contributed by atoms with van der Waals surface area (Å²) in [6.45, 7) is 0. The highest BCUT2D eigenvalue weighted by atomic mass is 35.5. The molecular weight excluding hydrogens is 356 g/mol. The van der Waals surface area contributed by atoms with E-state index in [0.717, 1.165) is 5.56 Å². The Morgan fingerprint density at radius 1 is 1.35 bits per heavy atom. The SMILES string of the molecule is O=C(NC1(C(=O)O)CCSC1)c1csc(-c2ccccc2Cl)n1. The Labute approximate surface area is 146 Å². The van der Waals surface area contributed by atoms with Crippen LogP contribution in [0.2, 0.25) is 5.02 Å². The van der Waals surface area contributed by atoms with Crippen LogP contribution in [0.15, 0.2) is 29.6 Å². The van der Waals surface area contributed by atoms with E-state index in [4.69, 9.17) is 11.6 Å². The molecule has 1 saturated heterocycles. The Bertz CT molecular complexity index is 757. The normalized spacial score (nSPS) is 20.4. The quantitative estimate of drug-likeness (QED) is 0.866. The van der Waals surface area contributed by atoms with Crippen LogP contribution in [0, 0.1) is 0 Å². The van der Waals surface area contributed by atoms with Gasteiger partial charge in [0.1, 0.15) is 16.2 Å². The molecule has 23 heavy (non-hydrogen) atoms. The molecule has 2 aromatic rings. The number of hydrogen-bond acceptors (Lipinski definition) is 5. The lowest BCUT2D eigenvalue weighted by Crippen LogP contribution is -2.54. The van der Waals surface area contributed by atoms with E-state index in [1.807, 2.05) is 18.2 Å². The minimum atomic E-state index is -1.20. The molecule has 5 nitrogen and oxygen atoms in total. The molecule has 3 rings (SSSR count). The summed E-state index contributed by atoms with van der Waals surface area (Å²) in [5, 5.41) is 14.9. The number of halogens is 1. The van der Waals surface area contributed by atoms with Gasteiger partial charge in [-0.1, -0.05) is 29.8 Å². The molecular formula is C15H13ClN2O3S2. The highest BCUT2D eigenvalue weighted by Crippen LogP contribution is 2.31. The maximum atomic E-state index is 12.4.